The smallest absolute Gasteiger partial charge is 0.0686 e. The second-order valence-corrected chi connectivity index (χ2v) is 4.11. The summed E-state index contributed by atoms with van der Waals surface area (Å²) < 4.78 is 0. The largest absolute Gasteiger partial charge is 0.392 e. The highest BCUT2D eigenvalue weighted by Gasteiger charge is 2.05. The summed E-state index contributed by atoms with van der Waals surface area (Å²) in [6, 6.07) is 14.6. The van der Waals surface area contributed by atoms with Gasteiger partial charge in [0.15, 0.2) is 0 Å². The van der Waals surface area contributed by atoms with Crippen LogP contribution in [-0.2, 0) is 6.61 Å². The topological polar surface area (TPSA) is 20.2 Å². The summed E-state index contributed by atoms with van der Waals surface area (Å²) in [5.74, 6) is 0. The highest BCUT2D eigenvalue weighted by Crippen LogP contribution is 2.25. The number of hydrogen-bond donors (Lipinski definition) is 1. The molecule has 1 N–H and O–H groups in total. The van der Waals surface area contributed by atoms with E-state index >= 15 is 0 Å². The molecule has 0 atom stereocenters. The van der Waals surface area contributed by atoms with Gasteiger partial charge in [0.25, 0.3) is 0 Å². The van der Waals surface area contributed by atoms with Crippen LogP contribution in [0.1, 0.15) is 16.7 Å². The maximum Gasteiger partial charge on any atom is 0.0686 e. The van der Waals surface area contributed by atoms with Gasteiger partial charge in [0.1, 0.15) is 0 Å². The van der Waals surface area contributed by atoms with Crippen molar-refractivity contribution >= 4 is 0 Å². The Hall–Kier alpha value is -1.60. The van der Waals surface area contributed by atoms with Gasteiger partial charge in [-0.3, -0.25) is 0 Å². The maximum absolute atomic E-state index is 9.26. The van der Waals surface area contributed by atoms with Crippen LogP contribution in [-0.4, -0.2) is 5.11 Å². The van der Waals surface area contributed by atoms with E-state index in [0.717, 1.165) is 16.7 Å². The lowest BCUT2D eigenvalue weighted by molar-refractivity contribution is 0.280. The van der Waals surface area contributed by atoms with Gasteiger partial charge in [-0.15, -0.1) is 0 Å². The van der Waals surface area contributed by atoms with Crippen LogP contribution in [0.3, 0.4) is 0 Å². The van der Waals surface area contributed by atoms with Crippen molar-refractivity contribution in [2.45, 2.75) is 20.5 Å². The maximum atomic E-state index is 9.26. The van der Waals surface area contributed by atoms with Gasteiger partial charge in [-0.25, -0.2) is 0 Å². The average molecular weight is 212 g/mol. The molecule has 2 aromatic rings. The third-order valence-corrected chi connectivity index (χ3v) is 2.96. The zero-order valence-corrected chi connectivity index (χ0v) is 9.70. The van der Waals surface area contributed by atoms with Crippen LogP contribution in [0, 0.1) is 13.8 Å². The minimum Gasteiger partial charge on any atom is -0.392 e. The van der Waals surface area contributed by atoms with E-state index in [-0.39, 0.29) is 6.61 Å². The van der Waals surface area contributed by atoms with Crippen LogP contribution < -0.4 is 0 Å². The lowest BCUT2D eigenvalue weighted by atomic mass is 9.96. The van der Waals surface area contributed by atoms with E-state index in [1.165, 1.54) is 11.1 Å². The molecule has 0 unspecified atom stereocenters. The first-order valence-electron chi connectivity index (χ1n) is 5.49. The van der Waals surface area contributed by atoms with Gasteiger partial charge in [0, 0.05) is 0 Å². The zero-order valence-electron chi connectivity index (χ0n) is 9.70. The molecular formula is C15H16O. The molecular weight excluding hydrogens is 196 g/mol. The van der Waals surface area contributed by atoms with Crippen LogP contribution in [0.5, 0.6) is 0 Å². The van der Waals surface area contributed by atoms with Crippen molar-refractivity contribution in [3.63, 3.8) is 0 Å². The molecule has 0 bridgehead atoms. The normalized spacial score (nSPS) is 10.4. The molecule has 2 rings (SSSR count). The lowest BCUT2D eigenvalue weighted by Crippen LogP contribution is -1.94. The van der Waals surface area contributed by atoms with E-state index in [0.29, 0.717) is 0 Å². The third kappa shape index (κ3) is 2.00. The molecule has 0 saturated carbocycles. The summed E-state index contributed by atoms with van der Waals surface area (Å²) in [5, 5.41) is 9.26. The number of aliphatic hydroxyl groups excluding tert-OH is 1. The zero-order chi connectivity index (χ0) is 11.5. The second-order valence-electron chi connectivity index (χ2n) is 4.11. The summed E-state index contributed by atoms with van der Waals surface area (Å²) >= 11 is 0. The van der Waals surface area contributed by atoms with Gasteiger partial charge in [-0.2, -0.15) is 0 Å². The fourth-order valence-electron chi connectivity index (χ4n) is 2.04. The Labute approximate surface area is 96.4 Å². The van der Waals surface area contributed by atoms with E-state index < -0.39 is 0 Å². The van der Waals surface area contributed by atoms with Crippen molar-refractivity contribution < 1.29 is 5.11 Å². The minimum atomic E-state index is 0.118. The fraction of sp³-hybridized carbons (Fsp3) is 0.200. The third-order valence-electron chi connectivity index (χ3n) is 2.96. The molecule has 16 heavy (non-hydrogen) atoms. The van der Waals surface area contributed by atoms with E-state index in [4.69, 9.17) is 0 Å². The molecule has 0 aliphatic carbocycles. The molecule has 0 heterocycles. The lowest BCUT2D eigenvalue weighted by Gasteiger charge is -2.10. The molecule has 2 aromatic carbocycles. The molecule has 0 aliphatic heterocycles. The number of aryl methyl sites for hydroxylation is 2. The molecule has 0 spiro atoms. The molecule has 0 radical (unpaired) electrons. The van der Waals surface area contributed by atoms with Crippen molar-refractivity contribution in [3.05, 3.63) is 59.2 Å². The molecule has 1 heteroatoms. The number of rotatable bonds is 2. The Balaban J connectivity index is 2.53. The predicted molar refractivity (Wildman–Crippen MR) is 67.3 cm³/mol. The quantitative estimate of drug-likeness (QED) is 0.808. The Kier molecular flexibility index (Phi) is 3.07. The standard InChI is InChI=1S/C15H16O/c1-11-8-14(9-12(2)15(11)10-16)13-6-4-3-5-7-13/h3-9,16H,10H2,1-2H3. The first-order chi connectivity index (χ1) is 7.72. The summed E-state index contributed by atoms with van der Waals surface area (Å²) in [6.45, 7) is 4.21. The summed E-state index contributed by atoms with van der Waals surface area (Å²) in [4.78, 5) is 0. The molecule has 82 valence electrons. The van der Waals surface area contributed by atoms with E-state index in [1.54, 1.807) is 0 Å². The first kappa shape index (κ1) is 10.9. The SMILES string of the molecule is Cc1cc(-c2ccccc2)cc(C)c1CO. The van der Waals surface area contributed by atoms with Gasteiger partial charge >= 0.3 is 0 Å². The van der Waals surface area contributed by atoms with Gasteiger partial charge in [-0.05, 0) is 41.7 Å². The van der Waals surface area contributed by atoms with E-state index in [1.807, 2.05) is 32.0 Å². The summed E-state index contributed by atoms with van der Waals surface area (Å²) in [6.07, 6.45) is 0. The van der Waals surface area contributed by atoms with Crippen molar-refractivity contribution in [2.75, 3.05) is 0 Å². The van der Waals surface area contributed by atoms with Gasteiger partial charge in [-0.1, -0.05) is 42.5 Å². The van der Waals surface area contributed by atoms with Crippen LogP contribution in [0.25, 0.3) is 11.1 Å². The van der Waals surface area contributed by atoms with Crippen LogP contribution in [0.2, 0.25) is 0 Å². The molecule has 0 aromatic heterocycles. The Bertz CT molecular complexity index is 463. The number of benzene rings is 2. The summed E-state index contributed by atoms with van der Waals surface area (Å²) in [5.41, 5.74) is 5.79. The number of hydrogen-bond acceptors (Lipinski definition) is 1. The van der Waals surface area contributed by atoms with Crippen LogP contribution >= 0.6 is 0 Å². The van der Waals surface area contributed by atoms with Crippen molar-refractivity contribution in [1.82, 2.24) is 0 Å². The van der Waals surface area contributed by atoms with Crippen molar-refractivity contribution in [2.24, 2.45) is 0 Å². The Morgan fingerprint density at radius 3 is 1.94 bits per heavy atom. The molecule has 0 aliphatic rings. The highest BCUT2D eigenvalue weighted by molar-refractivity contribution is 5.66. The van der Waals surface area contributed by atoms with Crippen molar-refractivity contribution in [3.8, 4) is 11.1 Å². The predicted octanol–water partition coefficient (Wildman–Crippen LogP) is 3.46. The minimum absolute atomic E-state index is 0.118. The van der Waals surface area contributed by atoms with Crippen molar-refractivity contribution in [1.29, 1.82) is 0 Å². The molecule has 0 saturated heterocycles. The fourth-order valence-corrected chi connectivity index (χ4v) is 2.04. The average Bonchev–Trinajstić information content (AvgIpc) is 2.30. The van der Waals surface area contributed by atoms with Crippen LogP contribution in [0.4, 0.5) is 0 Å². The summed E-state index contributed by atoms with van der Waals surface area (Å²) in [7, 11) is 0. The molecule has 0 fully saturated rings. The second kappa shape index (κ2) is 4.50. The first-order valence-corrected chi connectivity index (χ1v) is 5.49. The number of aliphatic hydroxyl groups is 1. The molecule has 1 nitrogen and oxygen atoms in total. The van der Waals surface area contributed by atoms with Crippen LogP contribution in [0.15, 0.2) is 42.5 Å². The highest BCUT2D eigenvalue weighted by atomic mass is 16.3. The molecule has 0 amide bonds. The van der Waals surface area contributed by atoms with E-state index in [2.05, 4.69) is 24.3 Å². The van der Waals surface area contributed by atoms with Gasteiger partial charge in [0.05, 0.1) is 6.61 Å². The van der Waals surface area contributed by atoms with E-state index in [9.17, 15) is 5.11 Å². The van der Waals surface area contributed by atoms with Gasteiger partial charge in [0.2, 0.25) is 0 Å². The Morgan fingerprint density at radius 1 is 0.875 bits per heavy atom. The van der Waals surface area contributed by atoms with Gasteiger partial charge < -0.3 is 5.11 Å². The monoisotopic (exact) mass is 212 g/mol. The Morgan fingerprint density at radius 2 is 1.44 bits per heavy atom.